The Labute approximate surface area is 180 Å². The van der Waals surface area contributed by atoms with Crippen molar-refractivity contribution >= 4 is 23.2 Å². The van der Waals surface area contributed by atoms with Gasteiger partial charge in [-0.05, 0) is 54.0 Å². The zero-order chi connectivity index (χ0) is 21.0. The fourth-order valence-corrected chi connectivity index (χ4v) is 4.98. The summed E-state index contributed by atoms with van der Waals surface area (Å²) in [6.45, 7) is 1.04. The topological polar surface area (TPSA) is 62.3 Å². The SMILES string of the molecule is CNC(=O)C1(Cc2ccc(-c3cccs3)cc2)CCCN(C(=O)c2ccccn2)C1. The molecule has 1 unspecified atom stereocenters. The van der Waals surface area contributed by atoms with Gasteiger partial charge in [0.25, 0.3) is 5.91 Å². The summed E-state index contributed by atoms with van der Waals surface area (Å²) in [7, 11) is 1.67. The zero-order valence-corrected chi connectivity index (χ0v) is 17.8. The lowest BCUT2D eigenvalue weighted by Crippen LogP contribution is -2.54. The molecule has 0 aliphatic carbocycles. The van der Waals surface area contributed by atoms with Gasteiger partial charge in [0, 0.05) is 31.2 Å². The molecule has 2 amide bonds. The van der Waals surface area contributed by atoms with Gasteiger partial charge in [-0.1, -0.05) is 36.4 Å². The molecule has 30 heavy (non-hydrogen) atoms. The number of carbonyl (C=O) groups is 2. The summed E-state index contributed by atoms with van der Waals surface area (Å²) in [6.07, 6.45) is 3.77. The Morgan fingerprint density at radius 1 is 1.13 bits per heavy atom. The van der Waals surface area contributed by atoms with Gasteiger partial charge in [0.05, 0.1) is 5.41 Å². The van der Waals surface area contributed by atoms with E-state index in [1.807, 2.05) is 12.1 Å². The summed E-state index contributed by atoms with van der Waals surface area (Å²) < 4.78 is 0. The lowest BCUT2D eigenvalue weighted by atomic mass is 9.74. The van der Waals surface area contributed by atoms with Gasteiger partial charge < -0.3 is 10.2 Å². The first-order valence-corrected chi connectivity index (χ1v) is 11.0. The Hall–Kier alpha value is -2.99. The van der Waals surface area contributed by atoms with Crippen LogP contribution in [0.25, 0.3) is 10.4 Å². The number of carbonyl (C=O) groups excluding carboxylic acids is 2. The molecule has 0 saturated carbocycles. The van der Waals surface area contributed by atoms with E-state index in [1.54, 1.807) is 41.6 Å². The number of piperidine rings is 1. The third-order valence-corrected chi connectivity index (χ3v) is 6.68. The van der Waals surface area contributed by atoms with Crippen molar-refractivity contribution in [3.8, 4) is 10.4 Å². The smallest absolute Gasteiger partial charge is 0.272 e. The highest BCUT2D eigenvalue weighted by atomic mass is 32.1. The summed E-state index contributed by atoms with van der Waals surface area (Å²) in [4.78, 5) is 33.2. The minimum Gasteiger partial charge on any atom is -0.359 e. The summed E-state index contributed by atoms with van der Waals surface area (Å²) in [5, 5.41) is 4.91. The van der Waals surface area contributed by atoms with E-state index in [0.717, 1.165) is 18.4 Å². The van der Waals surface area contributed by atoms with Crippen LogP contribution in [-0.4, -0.2) is 41.8 Å². The average Bonchev–Trinajstić information content (AvgIpc) is 3.34. The molecular weight excluding hydrogens is 394 g/mol. The summed E-state index contributed by atoms with van der Waals surface area (Å²) >= 11 is 1.71. The van der Waals surface area contributed by atoms with Gasteiger partial charge in [-0.2, -0.15) is 0 Å². The first kappa shape index (κ1) is 20.3. The Bertz CT molecular complexity index is 1000. The number of nitrogens with zero attached hydrogens (tertiary/aromatic N) is 2. The maximum Gasteiger partial charge on any atom is 0.272 e. The standard InChI is InChI=1S/C24H25N3O2S/c1-25-23(29)24(16-18-8-10-19(11-9-18)21-7-4-15-30-21)12-5-14-27(17-24)22(28)20-6-2-3-13-26-20/h2-4,6-11,13,15H,5,12,14,16-17H2,1H3,(H,25,29). The molecule has 1 saturated heterocycles. The minimum absolute atomic E-state index is 0.0108. The maximum atomic E-state index is 13.0. The number of pyridine rings is 1. The molecule has 0 bridgehead atoms. The van der Waals surface area contributed by atoms with E-state index in [1.165, 1.54) is 10.4 Å². The van der Waals surface area contributed by atoms with E-state index in [0.29, 0.717) is 25.2 Å². The zero-order valence-electron chi connectivity index (χ0n) is 17.0. The number of likely N-dealkylation sites (tertiary alicyclic amines) is 1. The third-order valence-electron chi connectivity index (χ3n) is 5.76. The number of thiophene rings is 1. The van der Waals surface area contributed by atoms with E-state index in [9.17, 15) is 9.59 Å². The number of benzene rings is 1. The summed E-state index contributed by atoms with van der Waals surface area (Å²) in [5.74, 6) is -0.125. The van der Waals surface area contributed by atoms with Gasteiger partial charge in [0.15, 0.2) is 0 Å². The van der Waals surface area contributed by atoms with Crippen molar-refractivity contribution in [2.24, 2.45) is 5.41 Å². The fraction of sp³-hybridized carbons (Fsp3) is 0.292. The van der Waals surface area contributed by atoms with Gasteiger partial charge in [0.2, 0.25) is 5.91 Å². The Morgan fingerprint density at radius 2 is 1.97 bits per heavy atom. The molecule has 154 valence electrons. The van der Waals surface area contributed by atoms with E-state index >= 15 is 0 Å². The summed E-state index contributed by atoms with van der Waals surface area (Å²) in [5.41, 5.74) is 2.07. The lowest BCUT2D eigenvalue weighted by Gasteiger charge is -2.41. The number of amides is 2. The van der Waals surface area contributed by atoms with Crippen LogP contribution in [0.2, 0.25) is 0 Å². The highest BCUT2D eigenvalue weighted by Crippen LogP contribution is 2.35. The molecule has 1 aliphatic rings. The van der Waals surface area contributed by atoms with Crippen LogP contribution in [0, 0.1) is 5.41 Å². The molecule has 1 aliphatic heterocycles. The second-order valence-corrected chi connectivity index (χ2v) is 8.70. The highest BCUT2D eigenvalue weighted by Gasteiger charge is 2.43. The van der Waals surface area contributed by atoms with E-state index in [4.69, 9.17) is 0 Å². The molecule has 6 heteroatoms. The van der Waals surface area contributed by atoms with Gasteiger partial charge in [0.1, 0.15) is 5.69 Å². The molecule has 2 aromatic heterocycles. The van der Waals surface area contributed by atoms with Crippen molar-refractivity contribution in [1.82, 2.24) is 15.2 Å². The molecule has 0 spiro atoms. The van der Waals surface area contributed by atoms with Gasteiger partial charge in [-0.15, -0.1) is 11.3 Å². The lowest BCUT2D eigenvalue weighted by molar-refractivity contribution is -0.133. The Balaban J connectivity index is 1.56. The highest BCUT2D eigenvalue weighted by molar-refractivity contribution is 7.13. The van der Waals surface area contributed by atoms with Crippen molar-refractivity contribution in [3.63, 3.8) is 0 Å². The minimum atomic E-state index is -0.637. The van der Waals surface area contributed by atoms with E-state index in [-0.39, 0.29) is 11.8 Å². The van der Waals surface area contributed by atoms with Crippen LogP contribution in [0.3, 0.4) is 0 Å². The van der Waals surface area contributed by atoms with Crippen LogP contribution in [-0.2, 0) is 11.2 Å². The second kappa shape index (κ2) is 8.79. The monoisotopic (exact) mass is 419 g/mol. The molecule has 1 atom stereocenters. The van der Waals surface area contributed by atoms with Crippen LogP contribution in [0.4, 0.5) is 0 Å². The third kappa shape index (κ3) is 4.14. The van der Waals surface area contributed by atoms with Crippen molar-refractivity contribution in [2.45, 2.75) is 19.3 Å². The van der Waals surface area contributed by atoms with Crippen molar-refractivity contribution in [3.05, 3.63) is 77.4 Å². The van der Waals surface area contributed by atoms with Crippen LogP contribution in [0.5, 0.6) is 0 Å². The molecule has 4 rings (SSSR count). The first-order valence-electron chi connectivity index (χ1n) is 10.2. The molecule has 3 aromatic rings. The number of hydrogen-bond acceptors (Lipinski definition) is 4. The van der Waals surface area contributed by atoms with E-state index in [2.05, 4.69) is 46.0 Å². The van der Waals surface area contributed by atoms with E-state index < -0.39 is 5.41 Å². The van der Waals surface area contributed by atoms with Crippen LogP contribution in [0.1, 0.15) is 28.9 Å². The van der Waals surface area contributed by atoms with Gasteiger partial charge >= 0.3 is 0 Å². The van der Waals surface area contributed by atoms with Crippen molar-refractivity contribution in [1.29, 1.82) is 0 Å². The quantitative estimate of drug-likeness (QED) is 0.679. The molecule has 1 N–H and O–H groups in total. The molecular formula is C24H25N3O2S. The van der Waals surface area contributed by atoms with Crippen LogP contribution in [0.15, 0.2) is 66.2 Å². The molecule has 0 radical (unpaired) electrons. The fourth-order valence-electron chi connectivity index (χ4n) is 4.25. The predicted molar refractivity (Wildman–Crippen MR) is 119 cm³/mol. The summed E-state index contributed by atoms with van der Waals surface area (Å²) in [6, 6.07) is 17.9. The second-order valence-electron chi connectivity index (χ2n) is 7.76. The number of hydrogen-bond donors (Lipinski definition) is 1. The van der Waals surface area contributed by atoms with Crippen molar-refractivity contribution in [2.75, 3.05) is 20.1 Å². The Morgan fingerprint density at radius 3 is 2.63 bits per heavy atom. The average molecular weight is 420 g/mol. The molecule has 1 aromatic carbocycles. The molecule has 3 heterocycles. The van der Waals surface area contributed by atoms with Gasteiger partial charge in [-0.3, -0.25) is 14.6 Å². The molecule has 1 fully saturated rings. The molecule has 5 nitrogen and oxygen atoms in total. The van der Waals surface area contributed by atoms with Gasteiger partial charge in [-0.25, -0.2) is 0 Å². The largest absolute Gasteiger partial charge is 0.359 e. The number of nitrogens with one attached hydrogen (secondary N) is 1. The van der Waals surface area contributed by atoms with Crippen molar-refractivity contribution < 1.29 is 9.59 Å². The maximum absolute atomic E-state index is 13.0. The number of aromatic nitrogens is 1. The predicted octanol–water partition coefficient (Wildman–Crippen LogP) is 4.02. The Kier molecular flexibility index (Phi) is 5.95. The normalized spacial score (nSPS) is 18.8. The first-order chi connectivity index (χ1) is 14.6. The van der Waals surface area contributed by atoms with Crippen LogP contribution < -0.4 is 5.32 Å². The van der Waals surface area contributed by atoms with Crippen LogP contribution >= 0.6 is 11.3 Å². The number of rotatable bonds is 5.